The first kappa shape index (κ1) is 7.98. The molecule has 0 bridgehead atoms. The first-order valence-corrected chi connectivity index (χ1v) is 4.12. The van der Waals surface area contributed by atoms with E-state index in [0.717, 1.165) is 23.2 Å². The maximum atomic E-state index is 10.5. The van der Waals surface area contributed by atoms with Gasteiger partial charge in [0, 0.05) is 11.9 Å². The lowest BCUT2D eigenvalue weighted by atomic mass is 10.2. The van der Waals surface area contributed by atoms with Gasteiger partial charge in [-0.3, -0.25) is 4.79 Å². The predicted octanol–water partition coefficient (Wildman–Crippen LogP) is 1.76. The Hall–Kier alpha value is -1.64. The van der Waals surface area contributed by atoms with Crippen molar-refractivity contribution in [2.24, 2.45) is 0 Å². The fourth-order valence-corrected chi connectivity index (χ4v) is 1.50. The van der Waals surface area contributed by atoms with Gasteiger partial charge in [0.1, 0.15) is 11.3 Å². The molecule has 0 atom stereocenters. The average molecular weight is 174 g/mol. The van der Waals surface area contributed by atoms with Crippen LogP contribution in [0.3, 0.4) is 0 Å². The molecule has 66 valence electrons. The number of rotatable bonds is 1. The van der Waals surface area contributed by atoms with Crippen molar-refractivity contribution in [3.05, 3.63) is 35.3 Å². The Labute approximate surface area is 76.0 Å². The van der Waals surface area contributed by atoms with E-state index in [0.29, 0.717) is 5.69 Å². The van der Waals surface area contributed by atoms with Crippen molar-refractivity contribution in [2.75, 3.05) is 0 Å². The number of carbonyl (C=O) groups excluding carboxylic acids is 1. The van der Waals surface area contributed by atoms with E-state index in [2.05, 4.69) is 11.1 Å². The molecule has 0 aromatic carbocycles. The van der Waals surface area contributed by atoms with Crippen molar-refractivity contribution in [3.8, 4) is 0 Å². The van der Waals surface area contributed by atoms with Crippen molar-refractivity contribution in [1.82, 2.24) is 9.38 Å². The highest BCUT2D eigenvalue weighted by molar-refractivity contribution is 5.73. The summed E-state index contributed by atoms with van der Waals surface area (Å²) in [6.07, 6.45) is 2.51. The minimum atomic E-state index is 0.480. The van der Waals surface area contributed by atoms with Crippen LogP contribution in [0.4, 0.5) is 0 Å². The van der Waals surface area contributed by atoms with Gasteiger partial charge in [0.05, 0.1) is 0 Å². The highest BCUT2D eigenvalue weighted by atomic mass is 16.1. The summed E-state index contributed by atoms with van der Waals surface area (Å²) in [5, 5.41) is 0. The van der Waals surface area contributed by atoms with Crippen LogP contribution in [-0.4, -0.2) is 15.7 Å². The van der Waals surface area contributed by atoms with Crippen LogP contribution in [0.1, 0.15) is 21.7 Å². The fraction of sp³-hybridized carbons (Fsp3) is 0.200. The second-order valence-corrected chi connectivity index (χ2v) is 3.19. The molecule has 0 aliphatic rings. The van der Waals surface area contributed by atoms with E-state index >= 15 is 0 Å². The van der Waals surface area contributed by atoms with Gasteiger partial charge in [-0.05, 0) is 31.5 Å². The van der Waals surface area contributed by atoms with E-state index < -0.39 is 0 Å². The number of aldehydes is 1. The molecule has 13 heavy (non-hydrogen) atoms. The number of imidazole rings is 1. The highest BCUT2D eigenvalue weighted by Crippen LogP contribution is 2.10. The zero-order valence-electron chi connectivity index (χ0n) is 7.61. The van der Waals surface area contributed by atoms with E-state index in [4.69, 9.17) is 0 Å². The number of fused-ring (bicyclic) bond motifs is 1. The van der Waals surface area contributed by atoms with Gasteiger partial charge in [0.25, 0.3) is 0 Å². The summed E-state index contributed by atoms with van der Waals surface area (Å²) >= 11 is 0. The number of aryl methyl sites for hydroxylation is 2. The molecule has 0 saturated carbocycles. The Balaban J connectivity index is 2.82. The Morgan fingerprint density at radius 2 is 2.15 bits per heavy atom. The van der Waals surface area contributed by atoms with Crippen LogP contribution in [0, 0.1) is 13.8 Å². The Bertz CT molecular complexity index is 471. The molecule has 0 fully saturated rings. The number of carbonyl (C=O) groups is 1. The second kappa shape index (κ2) is 2.69. The molecule has 2 aromatic heterocycles. The first-order chi connectivity index (χ1) is 6.20. The number of pyridine rings is 1. The Kier molecular flexibility index (Phi) is 1.65. The quantitative estimate of drug-likeness (QED) is 0.617. The third-order valence-electron chi connectivity index (χ3n) is 2.05. The monoisotopic (exact) mass is 174 g/mol. The van der Waals surface area contributed by atoms with Gasteiger partial charge < -0.3 is 4.40 Å². The van der Waals surface area contributed by atoms with Crippen molar-refractivity contribution in [3.63, 3.8) is 0 Å². The third-order valence-corrected chi connectivity index (χ3v) is 2.05. The minimum Gasteiger partial charge on any atom is -0.304 e. The third kappa shape index (κ3) is 1.22. The predicted molar refractivity (Wildman–Crippen MR) is 50.1 cm³/mol. The van der Waals surface area contributed by atoms with Gasteiger partial charge in [-0.15, -0.1) is 0 Å². The Morgan fingerprint density at radius 3 is 2.85 bits per heavy atom. The topological polar surface area (TPSA) is 34.4 Å². The molecule has 0 radical (unpaired) electrons. The lowest BCUT2D eigenvalue weighted by Gasteiger charge is -1.99. The van der Waals surface area contributed by atoms with E-state index in [9.17, 15) is 4.79 Å². The SMILES string of the molecule is Cc1cc(C)n2cc(C=O)nc2c1. The van der Waals surface area contributed by atoms with Crippen molar-refractivity contribution in [2.45, 2.75) is 13.8 Å². The van der Waals surface area contributed by atoms with Crippen LogP contribution in [0.25, 0.3) is 5.65 Å². The fourth-order valence-electron chi connectivity index (χ4n) is 1.50. The zero-order chi connectivity index (χ0) is 9.42. The average Bonchev–Trinajstić information content (AvgIpc) is 2.47. The molecular weight excluding hydrogens is 164 g/mol. The van der Waals surface area contributed by atoms with Crippen LogP contribution in [0.15, 0.2) is 18.3 Å². The summed E-state index contributed by atoms with van der Waals surface area (Å²) in [6, 6.07) is 4.02. The highest BCUT2D eigenvalue weighted by Gasteiger charge is 2.02. The van der Waals surface area contributed by atoms with Gasteiger partial charge >= 0.3 is 0 Å². The van der Waals surface area contributed by atoms with E-state index in [-0.39, 0.29) is 0 Å². The zero-order valence-corrected chi connectivity index (χ0v) is 7.61. The molecule has 0 aliphatic carbocycles. The number of hydrogen-bond donors (Lipinski definition) is 0. The van der Waals surface area contributed by atoms with E-state index in [1.54, 1.807) is 6.20 Å². The molecule has 0 spiro atoms. The summed E-state index contributed by atoms with van der Waals surface area (Å²) in [5.41, 5.74) is 3.57. The van der Waals surface area contributed by atoms with Crippen LogP contribution in [0.5, 0.6) is 0 Å². The lowest BCUT2D eigenvalue weighted by Crippen LogP contribution is -1.89. The molecule has 2 heterocycles. The minimum absolute atomic E-state index is 0.480. The molecule has 3 heteroatoms. The summed E-state index contributed by atoms with van der Waals surface area (Å²) in [5.74, 6) is 0. The van der Waals surface area contributed by atoms with Crippen LogP contribution < -0.4 is 0 Å². The van der Waals surface area contributed by atoms with Gasteiger partial charge in [-0.25, -0.2) is 4.98 Å². The first-order valence-electron chi connectivity index (χ1n) is 4.12. The largest absolute Gasteiger partial charge is 0.304 e. The lowest BCUT2D eigenvalue weighted by molar-refractivity contribution is 0.111. The molecule has 2 aromatic rings. The van der Waals surface area contributed by atoms with Crippen molar-refractivity contribution >= 4 is 11.9 Å². The van der Waals surface area contributed by atoms with Crippen molar-refractivity contribution in [1.29, 1.82) is 0 Å². The van der Waals surface area contributed by atoms with Gasteiger partial charge in [0.15, 0.2) is 6.29 Å². The molecule has 0 aliphatic heterocycles. The molecule has 0 amide bonds. The van der Waals surface area contributed by atoms with Crippen LogP contribution in [0.2, 0.25) is 0 Å². The van der Waals surface area contributed by atoms with Crippen LogP contribution in [-0.2, 0) is 0 Å². The molecule has 0 unspecified atom stereocenters. The van der Waals surface area contributed by atoms with Crippen LogP contribution >= 0.6 is 0 Å². The van der Waals surface area contributed by atoms with E-state index in [1.807, 2.05) is 24.3 Å². The normalized spacial score (nSPS) is 10.6. The maximum absolute atomic E-state index is 10.5. The summed E-state index contributed by atoms with van der Waals surface area (Å²) in [4.78, 5) is 14.6. The summed E-state index contributed by atoms with van der Waals surface area (Å²) < 4.78 is 1.91. The molecule has 0 saturated heterocycles. The van der Waals surface area contributed by atoms with E-state index in [1.165, 1.54) is 0 Å². The number of nitrogens with zero attached hydrogens (tertiary/aromatic N) is 2. The number of aromatic nitrogens is 2. The van der Waals surface area contributed by atoms with Gasteiger partial charge in [0.2, 0.25) is 0 Å². The molecule has 0 N–H and O–H groups in total. The number of hydrogen-bond acceptors (Lipinski definition) is 2. The molecule has 2 rings (SSSR count). The summed E-state index contributed by atoms with van der Waals surface area (Å²) in [7, 11) is 0. The maximum Gasteiger partial charge on any atom is 0.170 e. The standard InChI is InChI=1S/C10H10N2O/c1-7-3-8(2)12-5-9(6-13)11-10(12)4-7/h3-6H,1-2H3. The molecular formula is C10H10N2O. The Morgan fingerprint density at radius 1 is 1.38 bits per heavy atom. The summed E-state index contributed by atoms with van der Waals surface area (Å²) in [6.45, 7) is 4.01. The van der Waals surface area contributed by atoms with Crippen molar-refractivity contribution < 1.29 is 4.79 Å². The molecule has 3 nitrogen and oxygen atoms in total. The van der Waals surface area contributed by atoms with Gasteiger partial charge in [-0.1, -0.05) is 0 Å². The van der Waals surface area contributed by atoms with Gasteiger partial charge in [-0.2, -0.15) is 0 Å². The second-order valence-electron chi connectivity index (χ2n) is 3.19. The smallest absolute Gasteiger partial charge is 0.170 e.